The Morgan fingerprint density at radius 3 is 1.38 bits per heavy atom. The maximum atomic E-state index is 12.4. The Labute approximate surface area is 127 Å². The Kier molecular flexibility index (Phi) is 4.92. The maximum Gasteiger partial charge on any atom is 0.230 e. The van der Waals surface area contributed by atoms with Crippen molar-refractivity contribution in [3.05, 3.63) is 25.3 Å². The summed E-state index contributed by atoms with van der Waals surface area (Å²) in [4.78, 5) is 0. The van der Waals surface area contributed by atoms with E-state index in [0.29, 0.717) is 0 Å². The molecule has 8 heteroatoms. The summed E-state index contributed by atoms with van der Waals surface area (Å²) in [5.74, 6) is 0. The van der Waals surface area contributed by atoms with Crippen molar-refractivity contribution in [3.63, 3.8) is 0 Å². The van der Waals surface area contributed by atoms with E-state index in [1.54, 1.807) is 0 Å². The Hall–Kier alpha value is -0.700. The highest BCUT2D eigenvalue weighted by Gasteiger charge is 2.43. The van der Waals surface area contributed by atoms with E-state index >= 15 is 0 Å². The molecule has 0 amide bonds. The normalized spacial score (nSPS) is 19.9. The molecule has 2 aliphatic carbocycles. The Balaban J connectivity index is 2.16. The van der Waals surface area contributed by atoms with Gasteiger partial charge in [0.25, 0.3) is 0 Å². The largest absolute Gasteiger partial charge is 0.230 e. The van der Waals surface area contributed by atoms with Gasteiger partial charge in [0.2, 0.25) is 20.0 Å². The van der Waals surface area contributed by atoms with Gasteiger partial charge in [-0.3, -0.25) is 0 Å². The van der Waals surface area contributed by atoms with E-state index in [9.17, 15) is 16.8 Å². The smallest absolute Gasteiger partial charge is 0.211 e. The molecule has 0 heterocycles. The van der Waals surface area contributed by atoms with Gasteiger partial charge >= 0.3 is 0 Å². The van der Waals surface area contributed by atoms with Crippen LogP contribution in [0.5, 0.6) is 0 Å². The van der Waals surface area contributed by atoms with Crippen molar-refractivity contribution in [1.82, 2.24) is 8.61 Å². The second-order valence-electron chi connectivity index (χ2n) is 5.52. The van der Waals surface area contributed by atoms with Gasteiger partial charge in [0.05, 0.1) is 0 Å². The van der Waals surface area contributed by atoms with Crippen LogP contribution in [0.25, 0.3) is 0 Å². The van der Waals surface area contributed by atoms with Gasteiger partial charge in [0.15, 0.2) is 5.08 Å². The van der Waals surface area contributed by atoms with Crippen LogP contribution in [0, 0.1) is 0 Å². The van der Waals surface area contributed by atoms with E-state index in [4.69, 9.17) is 0 Å². The molecule has 0 aromatic rings. The molecule has 2 saturated carbocycles. The van der Waals surface area contributed by atoms with Gasteiger partial charge in [-0.2, -0.15) is 8.61 Å². The third kappa shape index (κ3) is 4.15. The summed E-state index contributed by atoms with van der Waals surface area (Å²) in [5.41, 5.74) is 0. The van der Waals surface area contributed by atoms with Crippen molar-refractivity contribution < 1.29 is 16.8 Å². The number of nitrogens with zero attached hydrogens (tertiary/aromatic N) is 2. The zero-order valence-corrected chi connectivity index (χ0v) is 13.7. The quantitative estimate of drug-likeness (QED) is 0.557. The summed E-state index contributed by atoms with van der Waals surface area (Å²) in [5, 5.41) is -0.866. The monoisotopic (exact) mass is 334 g/mol. The molecule has 0 radical (unpaired) electrons. The fourth-order valence-corrected chi connectivity index (χ4v) is 6.87. The Bertz CT molecular complexity index is 550. The minimum atomic E-state index is -3.85. The first-order chi connectivity index (χ1) is 9.81. The summed E-state index contributed by atoms with van der Waals surface area (Å²) >= 11 is 0. The molecule has 6 nitrogen and oxygen atoms in total. The number of hydrogen-bond acceptors (Lipinski definition) is 4. The molecule has 0 atom stereocenters. The zero-order chi connectivity index (χ0) is 15.7. The minimum absolute atomic E-state index is 0.0722. The molecule has 0 unspecified atom stereocenters. The lowest BCUT2D eigenvalue weighted by Crippen LogP contribution is -2.43. The zero-order valence-electron chi connectivity index (χ0n) is 12.0. The lowest BCUT2D eigenvalue weighted by Gasteiger charge is -2.24. The van der Waals surface area contributed by atoms with Crippen molar-refractivity contribution >= 4 is 20.0 Å². The van der Waals surface area contributed by atoms with Gasteiger partial charge in [-0.05, 0) is 25.7 Å². The predicted octanol–water partition coefficient (Wildman–Crippen LogP) is 0.904. The predicted molar refractivity (Wildman–Crippen MR) is 82.6 cm³/mol. The van der Waals surface area contributed by atoms with Crippen LogP contribution in [-0.2, 0) is 20.0 Å². The van der Waals surface area contributed by atoms with Crippen LogP contribution in [0.4, 0.5) is 0 Å². The van der Waals surface area contributed by atoms with Crippen molar-refractivity contribution in [3.8, 4) is 0 Å². The van der Waals surface area contributed by atoms with Crippen LogP contribution in [-0.4, -0.2) is 55.7 Å². The molecule has 0 aliphatic heterocycles. The molecule has 21 heavy (non-hydrogen) atoms. The molecule has 2 rings (SSSR count). The first kappa shape index (κ1) is 16.7. The summed E-state index contributed by atoms with van der Waals surface area (Å²) in [6.45, 7) is 7.41. The topological polar surface area (TPSA) is 74.8 Å². The van der Waals surface area contributed by atoms with Gasteiger partial charge < -0.3 is 0 Å². The van der Waals surface area contributed by atoms with Crippen LogP contribution in [0.15, 0.2) is 25.3 Å². The van der Waals surface area contributed by atoms with Gasteiger partial charge in [0, 0.05) is 25.2 Å². The molecule has 0 spiro atoms. The molecule has 0 bridgehead atoms. The summed E-state index contributed by atoms with van der Waals surface area (Å²) < 4.78 is 52.2. The third-order valence-electron chi connectivity index (χ3n) is 3.54. The summed E-state index contributed by atoms with van der Waals surface area (Å²) in [6.07, 6.45) is 6.12. The highest BCUT2D eigenvalue weighted by atomic mass is 32.3. The van der Waals surface area contributed by atoms with E-state index < -0.39 is 25.1 Å². The maximum absolute atomic E-state index is 12.4. The first-order valence-corrected chi connectivity index (χ1v) is 10.2. The number of hydrogen-bond donors (Lipinski definition) is 0. The summed E-state index contributed by atoms with van der Waals surface area (Å²) in [7, 11) is -7.70. The fourth-order valence-electron chi connectivity index (χ4n) is 2.28. The standard InChI is InChI=1S/C13H22N2O4S2/c1-3-9-14(12-5-6-12)20(16,17)11-21(18,19)15(10-4-2)13-7-8-13/h3-4,12-13H,1-2,5-11H2. The SMILES string of the molecule is C=CCN(C1CC1)S(=O)(=O)CS(=O)(=O)N(CC=C)C1CC1. The lowest BCUT2D eigenvalue weighted by molar-refractivity contribution is 0.427. The highest BCUT2D eigenvalue weighted by molar-refractivity contribution is 8.05. The molecule has 120 valence electrons. The Morgan fingerprint density at radius 2 is 1.14 bits per heavy atom. The average Bonchev–Trinajstić information content (AvgIpc) is 3.24. The number of rotatable bonds is 10. The number of sulfonamides is 2. The molecule has 0 N–H and O–H groups in total. The van der Waals surface area contributed by atoms with E-state index in [-0.39, 0.29) is 25.2 Å². The van der Waals surface area contributed by atoms with Crippen molar-refractivity contribution in [1.29, 1.82) is 0 Å². The van der Waals surface area contributed by atoms with E-state index in [0.717, 1.165) is 25.7 Å². The molecule has 2 fully saturated rings. The molecular formula is C13H22N2O4S2. The average molecular weight is 334 g/mol. The molecular weight excluding hydrogens is 312 g/mol. The van der Waals surface area contributed by atoms with Crippen LogP contribution >= 0.6 is 0 Å². The Morgan fingerprint density at radius 1 is 0.810 bits per heavy atom. The van der Waals surface area contributed by atoms with Crippen LogP contribution in [0.2, 0.25) is 0 Å². The van der Waals surface area contributed by atoms with Crippen LogP contribution < -0.4 is 0 Å². The van der Waals surface area contributed by atoms with E-state index in [2.05, 4.69) is 13.2 Å². The third-order valence-corrected chi connectivity index (χ3v) is 8.25. The van der Waals surface area contributed by atoms with E-state index in [1.807, 2.05) is 0 Å². The van der Waals surface area contributed by atoms with Crippen molar-refractivity contribution in [2.24, 2.45) is 0 Å². The second-order valence-corrected chi connectivity index (χ2v) is 9.73. The molecule has 2 aliphatic rings. The van der Waals surface area contributed by atoms with Gasteiger partial charge in [-0.15, -0.1) is 13.2 Å². The van der Waals surface area contributed by atoms with Crippen molar-refractivity contribution in [2.75, 3.05) is 18.2 Å². The second kappa shape index (κ2) is 6.20. The highest BCUT2D eigenvalue weighted by Crippen LogP contribution is 2.32. The fraction of sp³-hybridized carbons (Fsp3) is 0.692. The summed E-state index contributed by atoms with van der Waals surface area (Å²) in [6, 6.07) is -0.144. The van der Waals surface area contributed by atoms with Crippen molar-refractivity contribution in [2.45, 2.75) is 37.8 Å². The molecule has 0 aromatic carbocycles. The van der Waals surface area contributed by atoms with Crippen LogP contribution in [0.3, 0.4) is 0 Å². The van der Waals surface area contributed by atoms with Crippen LogP contribution in [0.1, 0.15) is 25.7 Å². The van der Waals surface area contributed by atoms with E-state index in [1.165, 1.54) is 20.8 Å². The van der Waals surface area contributed by atoms with Gasteiger partial charge in [0.1, 0.15) is 0 Å². The van der Waals surface area contributed by atoms with Gasteiger partial charge in [-0.1, -0.05) is 12.2 Å². The minimum Gasteiger partial charge on any atom is -0.211 e. The van der Waals surface area contributed by atoms with Gasteiger partial charge in [-0.25, -0.2) is 16.8 Å². The lowest BCUT2D eigenvalue weighted by atomic mass is 10.6. The first-order valence-electron chi connectivity index (χ1n) is 7.02. The molecule has 0 saturated heterocycles. The molecule has 0 aromatic heterocycles.